The Kier molecular flexibility index (Phi) is 8.97. The summed E-state index contributed by atoms with van der Waals surface area (Å²) in [6.45, 7) is 5.62. The molecule has 0 aliphatic heterocycles. The van der Waals surface area contributed by atoms with E-state index in [1.807, 2.05) is 88.5 Å². The predicted octanol–water partition coefficient (Wildman–Crippen LogP) is 6.50. The van der Waals surface area contributed by atoms with Crippen LogP contribution in [-0.4, -0.2) is 23.4 Å². The number of hydrogen-bond donors (Lipinski definition) is 3. The van der Waals surface area contributed by atoms with Crippen LogP contribution >= 0.6 is 0 Å². The van der Waals surface area contributed by atoms with Crippen molar-refractivity contribution in [2.45, 2.75) is 25.7 Å². The largest absolute Gasteiger partial charge is 0.388 e. The highest BCUT2D eigenvalue weighted by atomic mass is 32.2. The van der Waals surface area contributed by atoms with Crippen LogP contribution in [0.2, 0.25) is 0 Å². The molecule has 0 saturated heterocycles. The van der Waals surface area contributed by atoms with E-state index in [4.69, 9.17) is 0 Å². The van der Waals surface area contributed by atoms with Gasteiger partial charge in [0.1, 0.15) is 17.3 Å². The number of rotatable bonds is 6. The number of carbonyl (C=O) groups excluding carboxylic acids is 2. The second-order valence-electron chi connectivity index (χ2n) is 9.19. The number of aldehydes is 1. The Bertz CT molecular complexity index is 1360. The minimum absolute atomic E-state index is 0.139. The van der Waals surface area contributed by atoms with Crippen LogP contribution in [0.25, 0.3) is 10.8 Å². The Morgan fingerprint density at radius 2 is 1.42 bits per heavy atom. The maximum Gasteiger partial charge on any atom is 0.256 e. The summed E-state index contributed by atoms with van der Waals surface area (Å²) in [5.41, 5.74) is 2.77. The number of carbonyl (C=O) groups is 2. The molecule has 0 aromatic heterocycles. The van der Waals surface area contributed by atoms with E-state index in [9.17, 15) is 13.8 Å². The summed E-state index contributed by atoms with van der Waals surface area (Å²) in [6.07, 6.45) is 0.938. The molecule has 1 atom stereocenters. The van der Waals surface area contributed by atoms with Crippen molar-refractivity contribution in [1.29, 1.82) is 0 Å². The van der Waals surface area contributed by atoms with Gasteiger partial charge < -0.3 is 20.2 Å². The van der Waals surface area contributed by atoms with E-state index < -0.39 is 11.0 Å². The Morgan fingerprint density at radius 3 is 2.08 bits per heavy atom. The molecule has 0 spiro atoms. The molecular weight excluding hydrogens is 470 g/mol. The van der Waals surface area contributed by atoms with Crippen molar-refractivity contribution >= 4 is 51.0 Å². The van der Waals surface area contributed by atoms with Gasteiger partial charge in [-0.05, 0) is 59.3 Å². The van der Waals surface area contributed by atoms with Crippen molar-refractivity contribution in [2.24, 2.45) is 5.41 Å². The zero-order chi connectivity index (χ0) is 26.1. The van der Waals surface area contributed by atoms with Gasteiger partial charge in [0.2, 0.25) is 0 Å². The molecule has 0 aliphatic carbocycles. The summed E-state index contributed by atoms with van der Waals surface area (Å²) in [5, 5.41) is 7.86. The minimum atomic E-state index is -1.46. The van der Waals surface area contributed by atoms with E-state index in [1.165, 1.54) is 0 Å². The molecule has 36 heavy (non-hydrogen) atoms. The fourth-order valence-electron chi connectivity index (χ4n) is 3.18. The molecule has 7 heteroatoms. The van der Waals surface area contributed by atoms with Crippen molar-refractivity contribution in [3.8, 4) is 0 Å². The maximum atomic E-state index is 12.9. The van der Waals surface area contributed by atoms with Crippen LogP contribution in [-0.2, 0) is 15.8 Å². The predicted molar refractivity (Wildman–Crippen MR) is 150 cm³/mol. The van der Waals surface area contributed by atoms with E-state index in [-0.39, 0.29) is 11.3 Å². The fraction of sp³-hybridized carbons (Fsp3) is 0.172. The summed E-state index contributed by atoms with van der Waals surface area (Å²) in [4.78, 5) is 23.3. The standard InChI is InChI=1S/C24H21N3O2S.C5H10O/c1-25-18-12-14-19(15-13-18)27-30(29)21-9-5-8-20(16-21)26-24(28)23-11-4-7-17-6-2-3-10-22(17)23;1-5(2,3)4-6/h2-16,25,27H,1H3,(H,26,28);4H,1-3H3. The van der Waals surface area contributed by atoms with Gasteiger partial charge in [-0.3, -0.25) is 4.79 Å². The quantitative estimate of drug-likeness (QED) is 0.263. The van der Waals surface area contributed by atoms with Gasteiger partial charge in [0.15, 0.2) is 0 Å². The van der Waals surface area contributed by atoms with Gasteiger partial charge in [0.25, 0.3) is 5.91 Å². The van der Waals surface area contributed by atoms with Gasteiger partial charge in [-0.2, -0.15) is 0 Å². The van der Waals surface area contributed by atoms with Crippen LogP contribution in [0.4, 0.5) is 17.1 Å². The molecule has 4 aromatic carbocycles. The number of hydrogen-bond acceptors (Lipinski definition) is 4. The Labute approximate surface area is 214 Å². The van der Waals surface area contributed by atoms with Gasteiger partial charge in [-0.15, -0.1) is 0 Å². The van der Waals surface area contributed by atoms with E-state index in [0.29, 0.717) is 16.1 Å². The highest BCUT2D eigenvalue weighted by Gasteiger charge is 2.11. The molecule has 186 valence electrons. The molecule has 0 aliphatic rings. The molecule has 0 saturated carbocycles. The summed E-state index contributed by atoms with van der Waals surface area (Å²) < 4.78 is 15.7. The van der Waals surface area contributed by atoms with Crippen LogP contribution in [0.15, 0.2) is 95.9 Å². The Hall–Kier alpha value is -3.97. The molecule has 0 bridgehead atoms. The Balaban J connectivity index is 0.000000538. The SMILES string of the molecule is CC(C)(C)C=O.CNc1ccc(NS(=O)c2cccc(NC(=O)c3cccc4ccccc34)c2)cc1. The molecule has 6 nitrogen and oxygen atoms in total. The van der Waals surface area contributed by atoms with E-state index in [0.717, 1.165) is 28.4 Å². The molecular formula is C29H31N3O3S. The number of nitrogens with one attached hydrogen (secondary N) is 3. The molecule has 1 unspecified atom stereocenters. The zero-order valence-electron chi connectivity index (χ0n) is 20.9. The van der Waals surface area contributed by atoms with Crippen LogP contribution in [0.5, 0.6) is 0 Å². The number of amides is 1. The maximum absolute atomic E-state index is 12.9. The minimum Gasteiger partial charge on any atom is -0.388 e. The molecule has 4 aromatic rings. The summed E-state index contributed by atoms with van der Waals surface area (Å²) in [6, 6.07) is 28.0. The van der Waals surface area contributed by atoms with Gasteiger partial charge in [0.05, 0.1) is 4.90 Å². The van der Waals surface area contributed by atoms with Crippen molar-refractivity contribution < 1.29 is 13.8 Å². The van der Waals surface area contributed by atoms with Crippen LogP contribution in [0.1, 0.15) is 31.1 Å². The highest BCUT2D eigenvalue weighted by Crippen LogP contribution is 2.22. The third-order valence-electron chi connectivity index (χ3n) is 5.08. The van der Waals surface area contributed by atoms with Crippen molar-refractivity contribution in [3.63, 3.8) is 0 Å². The second kappa shape index (κ2) is 12.1. The van der Waals surface area contributed by atoms with Gasteiger partial charge >= 0.3 is 0 Å². The highest BCUT2D eigenvalue weighted by molar-refractivity contribution is 7.86. The van der Waals surface area contributed by atoms with Crippen molar-refractivity contribution in [1.82, 2.24) is 0 Å². The monoisotopic (exact) mass is 501 g/mol. The van der Waals surface area contributed by atoms with Crippen molar-refractivity contribution in [3.05, 3.63) is 96.6 Å². The first-order valence-electron chi connectivity index (χ1n) is 11.5. The lowest BCUT2D eigenvalue weighted by Crippen LogP contribution is -2.13. The lowest BCUT2D eigenvalue weighted by atomic mass is 10.0. The molecule has 4 rings (SSSR count). The molecule has 0 radical (unpaired) electrons. The first-order valence-corrected chi connectivity index (χ1v) is 12.7. The number of anilines is 3. The number of fused-ring (bicyclic) bond motifs is 1. The van der Waals surface area contributed by atoms with E-state index >= 15 is 0 Å². The molecule has 1 amide bonds. The third-order valence-corrected chi connectivity index (χ3v) is 6.18. The summed E-state index contributed by atoms with van der Waals surface area (Å²) in [7, 11) is 0.389. The second-order valence-corrected chi connectivity index (χ2v) is 10.4. The smallest absolute Gasteiger partial charge is 0.256 e. The molecule has 0 heterocycles. The topological polar surface area (TPSA) is 87.3 Å². The summed E-state index contributed by atoms with van der Waals surface area (Å²) >= 11 is 0. The average Bonchev–Trinajstić information content (AvgIpc) is 2.89. The van der Waals surface area contributed by atoms with E-state index in [2.05, 4.69) is 15.4 Å². The first-order chi connectivity index (χ1) is 17.2. The lowest BCUT2D eigenvalue weighted by molar-refractivity contribution is -0.113. The lowest BCUT2D eigenvalue weighted by Gasteiger charge is -2.11. The van der Waals surface area contributed by atoms with Crippen LogP contribution in [0.3, 0.4) is 0 Å². The number of benzene rings is 4. The average molecular weight is 502 g/mol. The van der Waals surface area contributed by atoms with Gasteiger partial charge in [0, 0.05) is 35.1 Å². The zero-order valence-corrected chi connectivity index (χ0v) is 21.7. The van der Waals surface area contributed by atoms with Gasteiger partial charge in [-0.1, -0.05) is 63.2 Å². The fourth-order valence-corrected chi connectivity index (χ4v) is 4.09. The van der Waals surface area contributed by atoms with E-state index in [1.54, 1.807) is 30.3 Å². The Morgan fingerprint density at radius 1 is 0.806 bits per heavy atom. The summed E-state index contributed by atoms with van der Waals surface area (Å²) in [5.74, 6) is -0.203. The van der Waals surface area contributed by atoms with Crippen LogP contribution < -0.4 is 15.4 Å². The first kappa shape index (κ1) is 26.6. The third kappa shape index (κ3) is 7.52. The van der Waals surface area contributed by atoms with Crippen LogP contribution in [0, 0.1) is 5.41 Å². The van der Waals surface area contributed by atoms with Gasteiger partial charge in [-0.25, -0.2) is 4.21 Å². The normalized spacial score (nSPS) is 11.6. The molecule has 3 N–H and O–H groups in total. The molecule has 0 fully saturated rings. The van der Waals surface area contributed by atoms with Crippen molar-refractivity contribution in [2.75, 3.05) is 22.4 Å².